The molecule has 20 nitrogen and oxygen atoms in total. The van der Waals surface area contributed by atoms with E-state index in [0.29, 0.717) is 70.2 Å². The van der Waals surface area contributed by atoms with Crippen LogP contribution >= 0.6 is 0 Å². The molecular weight excluding hydrogens is 1070 g/mol. The number of carbonyl (C=O) groups is 4. The molecule has 0 atom stereocenters. The summed E-state index contributed by atoms with van der Waals surface area (Å²) < 4.78 is 49.1. The molecule has 0 bridgehead atoms. The van der Waals surface area contributed by atoms with Gasteiger partial charge in [-0.15, -0.1) is 0 Å². The maximum atomic E-state index is 14.9. The number of methoxy groups -OCH3 is 2. The lowest BCUT2D eigenvalue weighted by Gasteiger charge is -2.14. The van der Waals surface area contributed by atoms with Crippen LogP contribution < -0.4 is 28.4 Å². The van der Waals surface area contributed by atoms with Gasteiger partial charge in [-0.25, -0.2) is 9.59 Å². The lowest BCUT2D eigenvalue weighted by atomic mass is 9.97. The molecule has 430 valence electrons. The summed E-state index contributed by atoms with van der Waals surface area (Å²) in [7, 11) is 10.6. The van der Waals surface area contributed by atoms with Gasteiger partial charge in [-0.3, -0.25) is 18.7 Å². The van der Waals surface area contributed by atoms with Crippen molar-refractivity contribution in [2.24, 2.45) is 0 Å². The van der Waals surface area contributed by atoms with Crippen LogP contribution in [-0.4, -0.2) is 132 Å². The molecule has 0 spiro atoms. The second kappa shape index (κ2) is 23.9. The summed E-state index contributed by atoms with van der Waals surface area (Å²) in [4.78, 5) is 71.0. The number of esters is 2. The Bertz CT molecular complexity index is 3900. The Morgan fingerprint density at radius 2 is 0.845 bits per heavy atom. The predicted octanol–water partition coefficient (Wildman–Crippen LogP) is 10.7. The highest BCUT2D eigenvalue weighted by molar-refractivity contribution is 6.31. The molecule has 0 saturated carbocycles. The number of aromatic nitrogens is 6. The first-order valence-corrected chi connectivity index (χ1v) is 26.9. The van der Waals surface area contributed by atoms with Gasteiger partial charge in [-0.2, -0.15) is 9.97 Å². The van der Waals surface area contributed by atoms with Gasteiger partial charge >= 0.3 is 11.9 Å². The maximum absolute atomic E-state index is 14.9. The van der Waals surface area contributed by atoms with Gasteiger partial charge in [-0.1, -0.05) is 58.8 Å². The maximum Gasteiger partial charge on any atom is 0.423 e. The van der Waals surface area contributed by atoms with Crippen LogP contribution in [0, 0.1) is 41.5 Å². The number of carbonyl (C=O) groups excluding carboxylic acids is 4. The van der Waals surface area contributed by atoms with Crippen LogP contribution in [0.15, 0.2) is 118 Å². The van der Waals surface area contributed by atoms with E-state index in [1.54, 1.807) is 76.2 Å². The number of fused-ring (bicyclic) bond motifs is 2. The Kier molecular flexibility index (Phi) is 16.3. The highest BCUT2D eigenvalue weighted by Gasteiger charge is 2.32. The summed E-state index contributed by atoms with van der Waals surface area (Å²) in [5.74, 6) is -0.816. The first-order valence-electron chi connectivity index (χ1n) is 26.9. The average molecular weight is 1140 g/mol. The molecule has 0 N–H and O–H groups in total. The fraction of sp³-hybridized carbons (Fsp3) is 0.250. The Balaban J connectivity index is 0.976. The van der Waals surface area contributed by atoms with Crippen LogP contribution in [0.5, 0.6) is 34.5 Å². The van der Waals surface area contributed by atoms with Gasteiger partial charge in [0.1, 0.15) is 13.2 Å². The average Bonchev–Trinajstić information content (AvgIpc) is 2.35. The monoisotopic (exact) mass is 1130 g/mol. The van der Waals surface area contributed by atoms with Crippen LogP contribution in [0.25, 0.3) is 66.8 Å². The molecule has 0 aliphatic heterocycles. The number of hydrogen-bond donors (Lipinski definition) is 0. The zero-order chi connectivity index (χ0) is 59.7. The van der Waals surface area contributed by atoms with Gasteiger partial charge in [-0.05, 0) is 138 Å². The van der Waals surface area contributed by atoms with Gasteiger partial charge in [0.05, 0.1) is 36.6 Å². The number of ether oxygens (including phenoxy) is 6. The van der Waals surface area contributed by atoms with Crippen molar-refractivity contribution in [2.45, 2.75) is 41.5 Å². The van der Waals surface area contributed by atoms with Gasteiger partial charge < -0.3 is 47.3 Å². The van der Waals surface area contributed by atoms with Crippen molar-refractivity contribution < 1.29 is 56.6 Å². The van der Waals surface area contributed by atoms with Crippen molar-refractivity contribution in [1.29, 1.82) is 0 Å². The molecule has 4 aromatic heterocycles. The second-order valence-electron chi connectivity index (χ2n) is 20.7. The number of nitrogens with zero attached hydrogens (tertiary/aromatic N) is 8. The van der Waals surface area contributed by atoms with E-state index >= 15 is 0 Å². The summed E-state index contributed by atoms with van der Waals surface area (Å²) in [6.07, 6.45) is 0. The molecule has 10 rings (SSSR count). The van der Waals surface area contributed by atoms with E-state index in [0.717, 1.165) is 44.5 Å². The summed E-state index contributed by atoms with van der Waals surface area (Å²) in [6, 6.07) is 32.4. The van der Waals surface area contributed by atoms with E-state index in [-0.39, 0.29) is 58.4 Å². The summed E-state index contributed by atoms with van der Waals surface area (Å²) in [5.41, 5.74) is 8.76. The molecule has 0 fully saturated rings. The second-order valence-corrected chi connectivity index (χ2v) is 20.7. The minimum Gasteiger partial charge on any atom is -0.493 e. The smallest absolute Gasteiger partial charge is 0.423 e. The van der Waals surface area contributed by atoms with E-state index in [4.69, 9.17) is 37.5 Å². The number of benzene rings is 6. The molecular formula is C64H62N8O12. The van der Waals surface area contributed by atoms with Gasteiger partial charge in [0.25, 0.3) is 11.8 Å². The van der Waals surface area contributed by atoms with Crippen LogP contribution in [0.2, 0.25) is 0 Å². The molecule has 0 unspecified atom stereocenters. The molecule has 0 amide bonds. The summed E-state index contributed by atoms with van der Waals surface area (Å²) in [6.45, 7) is 12.4. The summed E-state index contributed by atoms with van der Waals surface area (Å²) in [5, 5.41) is 8.63. The Labute approximate surface area is 484 Å². The van der Waals surface area contributed by atoms with E-state index in [9.17, 15) is 19.2 Å². The minimum absolute atomic E-state index is 0.102. The molecule has 20 heteroatoms. The van der Waals surface area contributed by atoms with Crippen molar-refractivity contribution in [1.82, 2.24) is 39.2 Å². The normalized spacial score (nSPS) is 11.5. The lowest BCUT2D eigenvalue weighted by Crippen LogP contribution is -2.26. The number of aryl methyl sites for hydroxylation is 4. The van der Waals surface area contributed by atoms with Gasteiger partial charge in [0.2, 0.25) is 23.4 Å². The molecule has 4 heterocycles. The molecule has 84 heavy (non-hydrogen) atoms. The zero-order valence-corrected chi connectivity index (χ0v) is 48.7. The third kappa shape index (κ3) is 11.5. The van der Waals surface area contributed by atoms with E-state index in [1.807, 2.05) is 113 Å². The first-order chi connectivity index (χ1) is 40.3. The number of rotatable bonds is 18. The van der Waals surface area contributed by atoms with Crippen molar-refractivity contribution in [3.63, 3.8) is 0 Å². The quantitative estimate of drug-likeness (QED) is 0.0576. The zero-order valence-electron chi connectivity index (χ0n) is 48.7. The van der Waals surface area contributed by atoms with Crippen LogP contribution in [-0.2, 0) is 9.59 Å². The Morgan fingerprint density at radius 1 is 0.476 bits per heavy atom. The van der Waals surface area contributed by atoms with Gasteiger partial charge in [0, 0.05) is 72.1 Å². The summed E-state index contributed by atoms with van der Waals surface area (Å²) >= 11 is 0. The molecule has 0 saturated heterocycles. The third-order valence-corrected chi connectivity index (χ3v) is 14.3. The van der Waals surface area contributed by atoms with Gasteiger partial charge in [0.15, 0.2) is 34.5 Å². The fourth-order valence-corrected chi connectivity index (χ4v) is 9.99. The first kappa shape index (κ1) is 57.3. The van der Waals surface area contributed by atoms with E-state index in [2.05, 4.69) is 20.3 Å². The highest BCUT2D eigenvalue weighted by atomic mass is 16.6. The lowest BCUT2D eigenvalue weighted by molar-refractivity contribution is -0.156. The number of likely N-dealkylation sites (N-methyl/N-ethyl adjacent to an activating group) is 2. The van der Waals surface area contributed by atoms with E-state index < -0.39 is 23.8 Å². The standard InChI is InChI=1S/C64H62N8O12/c1-35-29-45(59-65-39(5)83-67-59)21-23-47(35)41-13-17-43(18-14-41)61(73)71-37(3)57(49-31-53(77-11)55(33-51(49)71)79-27-25-69(7)8)81-63(75)64(76)82-58-38(4)72(52-34-56(80-28-26-70(9)10)54(78-12)32-50(52)58)62(74)44-19-15-42(16-20-44)48-24-22-46(30-36(48)2)60-66-40(6)84-68-60/h13-24,29-34H,25-28H2,1-12H3. The largest absolute Gasteiger partial charge is 0.493 e. The molecule has 0 radical (unpaired) electrons. The van der Waals surface area contributed by atoms with Crippen LogP contribution in [0.3, 0.4) is 0 Å². The SMILES string of the molecule is COc1cc2c(OC(=O)C(=O)Oc3c(C)n(C(=O)c4ccc(-c5ccc(-c6noc(C)n6)cc5C)cc4)c4cc(OCCN(C)C)c(OC)cc34)c(C)n(C(=O)c3ccc(-c4ccc(-c5noc(C)n5)cc4C)cc3)c2cc1OCCN(C)C. The highest BCUT2D eigenvalue weighted by Crippen LogP contribution is 2.43. The Hall–Kier alpha value is -9.92. The fourth-order valence-electron chi connectivity index (χ4n) is 9.99. The third-order valence-electron chi connectivity index (χ3n) is 14.3. The van der Waals surface area contributed by atoms with Crippen molar-refractivity contribution in [3.05, 3.63) is 155 Å². The topological polar surface area (TPSA) is 218 Å². The van der Waals surface area contributed by atoms with Crippen LogP contribution in [0.4, 0.5) is 0 Å². The van der Waals surface area contributed by atoms with Crippen molar-refractivity contribution >= 4 is 45.6 Å². The van der Waals surface area contributed by atoms with E-state index in [1.165, 1.54) is 23.4 Å². The molecule has 0 aliphatic carbocycles. The Morgan fingerprint density at radius 3 is 1.17 bits per heavy atom. The van der Waals surface area contributed by atoms with Crippen molar-refractivity contribution in [3.8, 4) is 79.5 Å². The molecule has 10 aromatic rings. The predicted molar refractivity (Wildman–Crippen MR) is 315 cm³/mol. The minimum atomic E-state index is -1.41. The molecule has 6 aromatic carbocycles. The van der Waals surface area contributed by atoms with Crippen molar-refractivity contribution in [2.75, 3.05) is 68.7 Å². The molecule has 0 aliphatic rings. The number of hydrogen-bond acceptors (Lipinski definition) is 18. The van der Waals surface area contributed by atoms with Crippen LogP contribution in [0.1, 0.15) is 55.0 Å².